The smallest absolute Gasteiger partial charge is 0.378 e. The van der Waals surface area contributed by atoms with Crippen molar-refractivity contribution in [3.63, 3.8) is 0 Å². The molecule has 1 aliphatic rings. The SMILES string of the molecule is CC1OCCC1(CCl)CCSC(F)(F)F. The second-order valence-electron chi connectivity index (χ2n) is 3.80. The quantitative estimate of drug-likeness (QED) is 0.715. The Morgan fingerprint density at radius 1 is 1.53 bits per heavy atom. The van der Waals surface area contributed by atoms with Gasteiger partial charge in [0.15, 0.2) is 0 Å². The van der Waals surface area contributed by atoms with Gasteiger partial charge in [0.05, 0.1) is 6.10 Å². The van der Waals surface area contributed by atoms with Gasteiger partial charge in [0, 0.05) is 23.7 Å². The summed E-state index contributed by atoms with van der Waals surface area (Å²) in [5.74, 6) is 0.427. The Hall–Kier alpha value is 0.390. The molecule has 6 heteroatoms. The van der Waals surface area contributed by atoms with Crippen molar-refractivity contribution in [1.82, 2.24) is 0 Å². The van der Waals surface area contributed by atoms with Gasteiger partial charge in [-0.3, -0.25) is 0 Å². The summed E-state index contributed by atoms with van der Waals surface area (Å²) in [4.78, 5) is 0. The van der Waals surface area contributed by atoms with E-state index in [-0.39, 0.29) is 29.0 Å². The van der Waals surface area contributed by atoms with E-state index in [4.69, 9.17) is 16.3 Å². The third-order valence-corrected chi connectivity index (χ3v) is 4.23. The molecular weight excluding hydrogens is 249 g/mol. The van der Waals surface area contributed by atoms with Crippen LogP contribution in [0.4, 0.5) is 13.2 Å². The van der Waals surface area contributed by atoms with Crippen molar-refractivity contribution in [2.24, 2.45) is 5.41 Å². The number of rotatable bonds is 4. The lowest BCUT2D eigenvalue weighted by Gasteiger charge is -2.29. The van der Waals surface area contributed by atoms with Gasteiger partial charge in [-0.05, 0) is 19.8 Å². The average Bonchev–Trinajstić information content (AvgIpc) is 2.46. The molecule has 2 unspecified atom stereocenters. The Labute approximate surface area is 96.7 Å². The number of thioether (sulfide) groups is 1. The van der Waals surface area contributed by atoms with E-state index in [1.165, 1.54) is 0 Å². The summed E-state index contributed by atoms with van der Waals surface area (Å²) in [5.41, 5.74) is -4.41. The number of hydrogen-bond donors (Lipinski definition) is 0. The summed E-state index contributed by atoms with van der Waals surface area (Å²) >= 11 is 5.86. The van der Waals surface area contributed by atoms with Gasteiger partial charge in [-0.25, -0.2) is 0 Å². The molecule has 1 heterocycles. The molecule has 15 heavy (non-hydrogen) atoms. The van der Waals surface area contributed by atoms with E-state index in [0.717, 1.165) is 6.42 Å². The minimum atomic E-state index is -4.14. The van der Waals surface area contributed by atoms with Gasteiger partial charge in [0.1, 0.15) is 0 Å². The molecule has 0 aromatic carbocycles. The summed E-state index contributed by atoms with van der Waals surface area (Å²) in [6, 6.07) is 0. The highest BCUT2D eigenvalue weighted by Crippen LogP contribution is 2.42. The van der Waals surface area contributed by atoms with Crippen LogP contribution in [0.5, 0.6) is 0 Å². The van der Waals surface area contributed by atoms with Crippen molar-refractivity contribution >= 4 is 23.4 Å². The Balaban J connectivity index is 2.41. The Morgan fingerprint density at radius 3 is 2.60 bits per heavy atom. The Morgan fingerprint density at radius 2 is 2.20 bits per heavy atom. The predicted octanol–water partition coefficient (Wildman–Crippen LogP) is 3.66. The third kappa shape index (κ3) is 3.71. The normalized spacial score (nSPS) is 32.2. The first-order valence-electron chi connectivity index (χ1n) is 4.78. The van der Waals surface area contributed by atoms with Gasteiger partial charge in [0.2, 0.25) is 0 Å². The Kier molecular flexibility index (Phi) is 4.62. The van der Waals surface area contributed by atoms with Crippen molar-refractivity contribution in [3.8, 4) is 0 Å². The lowest BCUT2D eigenvalue weighted by Crippen LogP contribution is -2.31. The monoisotopic (exact) mass is 262 g/mol. The number of ether oxygens (including phenoxy) is 1. The zero-order valence-electron chi connectivity index (χ0n) is 8.44. The van der Waals surface area contributed by atoms with Crippen LogP contribution in [0.3, 0.4) is 0 Å². The zero-order chi connectivity index (χ0) is 11.5. The summed E-state index contributed by atoms with van der Waals surface area (Å²) in [5, 5.41) is 0. The van der Waals surface area contributed by atoms with Gasteiger partial charge in [0.25, 0.3) is 0 Å². The molecule has 0 aliphatic carbocycles. The molecule has 0 spiro atoms. The first-order valence-corrected chi connectivity index (χ1v) is 6.30. The lowest BCUT2D eigenvalue weighted by atomic mass is 9.81. The number of hydrogen-bond acceptors (Lipinski definition) is 2. The molecule has 0 radical (unpaired) electrons. The molecule has 90 valence electrons. The largest absolute Gasteiger partial charge is 0.441 e. The lowest BCUT2D eigenvalue weighted by molar-refractivity contribution is -0.0330. The van der Waals surface area contributed by atoms with E-state index >= 15 is 0 Å². The first-order chi connectivity index (χ1) is 6.90. The van der Waals surface area contributed by atoms with Crippen molar-refractivity contribution in [3.05, 3.63) is 0 Å². The second kappa shape index (κ2) is 5.15. The number of halogens is 4. The fourth-order valence-electron chi connectivity index (χ4n) is 1.76. The highest BCUT2D eigenvalue weighted by atomic mass is 35.5. The molecule has 2 atom stereocenters. The molecule has 0 bridgehead atoms. The van der Waals surface area contributed by atoms with E-state index in [2.05, 4.69) is 0 Å². The molecule has 1 rings (SSSR count). The Bertz CT molecular complexity index is 212. The van der Waals surface area contributed by atoms with Crippen LogP contribution in [0.25, 0.3) is 0 Å². The molecule has 0 amide bonds. The second-order valence-corrected chi connectivity index (χ2v) is 5.23. The first kappa shape index (κ1) is 13.5. The van der Waals surface area contributed by atoms with Crippen molar-refractivity contribution in [2.75, 3.05) is 18.2 Å². The van der Waals surface area contributed by atoms with Crippen LogP contribution >= 0.6 is 23.4 Å². The van der Waals surface area contributed by atoms with Gasteiger partial charge >= 0.3 is 5.51 Å². The molecule has 1 aliphatic heterocycles. The van der Waals surface area contributed by atoms with Crippen LogP contribution in [0.1, 0.15) is 19.8 Å². The highest BCUT2D eigenvalue weighted by Gasteiger charge is 2.41. The topological polar surface area (TPSA) is 9.23 Å². The van der Waals surface area contributed by atoms with Crippen LogP contribution in [-0.4, -0.2) is 29.9 Å². The van der Waals surface area contributed by atoms with E-state index < -0.39 is 5.51 Å². The van der Waals surface area contributed by atoms with Crippen LogP contribution in [0, 0.1) is 5.41 Å². The molecule has 0 N–H and O–H groups in total. The zero-order valence-corrected chi connectivity index (χ0v) is 10.0. The van der Waals surface area contributed by atoms with Gasteiger partial charge in [-0.15, -0.1) is 11.6 Å². The maximum absolute atomic E-state index is 12.0. The molecule has 1 nitrogen and oxygen atoms in total. The van der Waals surface area contributed by atoms with E-state index in [0.29, 0.717) is 18.9 Å². The maximum atomic E-state index is 12.0. The summed E-state index contributed by atoms with van der Waals surface area (Å²) in [7, 11) is 0. The number of alkyl halides is 4. The van der Waals surface area contributed by atoms with E-state index in [1.807, 2.05) is 6.92 Å². The summed E-state index contributed by atoms with van der Waals surface area (Å²) in [6.45, 7) is 2.48. The summed E-state index contributed by atoms with van der Waals surface area (Å²) < 4.78 is 41.2. The highest BCUT2D eigenvalue weighted by molar-refractivity contribution is 8.00. The van der Waals surface area contributed by atoms with Crippen molar-refractivity contribution in [1.29, 1.82) is 0 Å². The fourth-order valence-corrected chi connectivity index (χ4v) is 2.98. The molecular formula is C9H14ClF3OS. The maximum Gasteiger partial charge on any atom is 0.441 e. The predicted molar refractivity (Wildman–Crippen MR) is 56.3 cm³/mol. The van der Waals surface area contributed by atoms with Crippen LogP contribution < -0.4 is 0 Å². The minimum Gasteiger partial charge on any atom is -0.378 e. The third-order valence-electron chi connectivity index (χ3n) is 2.96. The van der Waals surface area contributed by atoms with Crippen LogP contribution in [-0.2, 0) is 4.74 Å². The minimum absolute atomic E-state index is 0.0222. The van der Waals surface area contributed by atoms with Crippen LogP contribution in [0.2, 0.25) is 0 Å². The van der Waals surface area contributed by atoms with Crippen LogP contribution in [0.15, 0.2) is 0 Å². The van der Waals surface area contributed by atoms with Crippen molar-refractivity contribution in [2.45, 2.75) is 31.4 Å². The van der Waals surface area contributed by atoms with Gasteiger partial charge in [-0.1, -0.05) is 11.8 Å². The van der Waals surface area contributed by atoms with Gasteiger partial charge in [-0.2, -0.15) is 13.2 Å². The van der Waals surface area contributed by atoms with E-state index in [9.17, 15) is 13.2 Å². The molecule has 1 saturated heterocycles. The van der Waals surface area contributed by atoms with E-state index in [1.54, 1.807) is 0 Å². The molecule has 0 aromatic heterocycles. The molecule has 0 aromatic rings. The van der Waals surface area contributed by atoms with Gasteiger partial charge < -0.3 is 4.74 Å². The fraction of sp³-hybridized carbons (Fsp3) is 1.00. The molecule has 0 saturated carbocycles. The molecule has 1 fully saturated rings. The summed E-state index contributed by atoms with van der Waals surface area (Å²) in [6.07, 6.45) is 1.18. The standard InChI is InChI=1S/C9H14ClF3OS/c1-7-8(6-10,2-4-14-7)3-5-15-9(11,12)13/h7H,2-6H2,1H3. The average molecular weight is 263 g/mol. The van der Waals surface area contributed by atoms with Crippen molar-refractivity contribution < 1.29 is 17.9 Å².